The molecule has 94 valence electrons. The lowest BCUT2D eigenvalue weighted by atomic mass is 9.95. The first kappa shape index (κ1) is 12.3. The van der Waals surface area contributed by atoms with E-state index in [2.05, 4.69) is 5.11 Å². The van der Waals surface area contributed by atoms with Gasteiger partial charge in [-0.05, 0) is 24.1 Å². The molecular weight excluding hydrogens is 235 g/mol. The Balaban J connectivity index is 2.23. The number of ether oxygens (including phenoxy) is 2. The number of hydrogen-bond donors (Lipinski definition) is 1. The second-order valence-electron chi connectivity index (χ2n) is 3.89. The molecule has 1 aliphatic rings. The van der Waals surface area contributed by atoms with E-state index in [1.54, 1.807) is 12.3 Å². The maximum absolute atomic E-state index is 13.1. The van der Waals surface area contributed by atoms with Crippen molar-refractivity contribution in [1.29, 1.82) is 5.53 Å². The van der Waals surface area contributed by atoms with E-state index < -0.39 is 0 Å². The fraction of sp³-hybridized carbons (Fsp3) is 0.231. The van der Waals surface area contributed by atoms with Crippen LogP contribution >= 0.6 is 0 Å². The molecule has 1 heterocycles. The molecular formula is C13H13FN2O2. The van der Waals surface area contributed by atoms with Gasteiger partial charge in [-0.1, -0.05) is 6.07 Å². The van der Waals surface area contributed by atoms with Crippen LogP contribution in [-0.4, -0.2) is 7.11 Å². The predicted molar refractivity (Wildman–Crippen MR) is 63.6 cm³/mol. The molecule has 1 aromatic rings. The number of hydrogen-bond acceptors (Lipinski definition) is 4. The van der Waals surface area contributed by atoms with Crippen molar-refractivity contribution in [3.63, 3.8) is 0 Å². The smallest absolute Gasteiger partial charge is 0.126 e. The molecule has 1 atom stereocenters. The van der Waals surface area contributed by atoms with E-state index in [1.165, 1.54) is 25.5 Å². The molecule has 0 aromatic heterocycles. The van der Waals surface area contributed by atoms with Crippen molar-refractivity contribution in [2.24, 2.45) is 11.0 Å². The van der Waals surface area contributed by atoms with E-state index in [-0.39, 0.29) is 11.7 Å². The molecule has 1 aromatic carbocycles. The second-order valence-corrected chi connectivity index (χ2v) is 3.89. The molecule has 0 fully saturated rings. The van der Waals surface area contributed by atoms with Crippen molar-refractivity contribution < 1.29 is 13.9 Å². The summed E-state index contributed by atoms with van der Waals surface area (Å²) in [5.41, 5.74) is 8.47. The first-order valence-electron chi connectivity index (χ1n) is 5.46. The van der Waals surface area contributed by atoms with E-state index in [0.717, 1.165) is 5.56 Å². The number of methoxy groups -OCH3 is 1. The molecule has 0 saturated carbocycles. The summed E-state index contributed by atoms with van der Waals surface area (Å²) in [6, 6.07) is 4.42. The van der Waals surface area contributed by atoms with Gasteiger partial charge in [-0.2, -0.15) is 5.11 Å². The fourth-order valence-electron chi connectivity index (χ4n) is 1.84. The van der Waals surface area contributed by atoms with Gasteiger partial charge in [0.1, 0.15) is 23.5 Å². The molecule has 1 unspecified atom stereocenters. The van der Waals surface area contributed by atoms with Crippen LogP contribution in [0.25, 0.3) is 0 Å². The average Bonchev–Trinajstić information content (AvgIpc) is 2.41. The summed E-state index contributed by atoms with van der Waals surface area (Å²) in [5, 5.41) is 3.42. The zero-order valence-corrected chi connectivity index (χ0v) is 9.89. The lowest BCUT2D eigenvalue weighted by Gasteiger charge is -2.17. The molecule has 2 rings (SSSR count). The van der Waals surface area contributed by atoms with E-state index in [1.807, 2.05) is 6.08 Å². The van der Waals surface area contributed by atoms with Crippen molar-refractivity contribution in [3.8, 4) is 5.75 Å². The fourth-order valence-corrected chi connectivity index (χ4v) is 1.84. The number of halogens is 1. The van der Waals surface area contributed by atoms with Gasteiger partial charge < -0.3 is 9.47 Å². The van der Waals surface area contributed by atoms with Crippen LogP contribution in [0.2, 0.25) is 0 Å². The van der Waals surface area contributed by atoms with Gasteiger partial charge in [0.15, 0.2) is 0 Å². The molecule has 0 saturated heterocycles. The van der Waals surface area contributed by atoms with Crippen LogP contribution in [0, 0.1) is 17.3 Å². The van der Waals surface area contributed by atoms with Crippen LogP contribution in [0.3, 0.4) is 0 Å². The number of allylic oxidation sites excluding steroid dienone is 1. The molecule has 18 heavy (non-hydrogen) atoms. The summed E-state index contributed by atoms with van der Waals surface area (Å²) in [4.78, 5) is 0. The Morgan fingerprint density at radius 1 is 1.50 bits per heavy atom. The zero-order valence-electron chi connectivity index (χ0n) is 9.89. The number of benzene rings is 1. The zero-order chi connectivity index (χ0) is 13.0. The summed E-state index contributed by atoms with van der Waals surface area (Å²) in [5.74, 6) is 0.105. The van der Waals surface area contributed by atoms with Crippen LogP contribution in [0.1, 0.15) is 5.56 Å². The van der Waals surface area contributed by atoms with Crippen LogP contribution in [0.15, 0.2) is 47.6 Å². The largest absolute Gasteiger partial charge is 0.496 e. The highest BCUT2D eigenvalue weighted by Gasteiger charge is 2.17. The molecule has 0 radical (unpaired) electrons. The minimum absolute atomic E-state index is 0.0596. The van der Waals surface area contributed by atoms with Crippen molar-refractivity contribution in [1.82, 2.24) is 0 Å². The van der Waals surface area contributed by atoms with Gasteiger partial charge in [0.05, 0.1) is 13.4 Å². The molecule has 0 spiro atoms. The Labute approximate surface area is 104 Å². The molecule has 1 N–H and O–H groups in total. The maximum Gasteiger partial charge on any atom is 0.126 e. The van der Waals surface area contributed by atoms with Gasteiger partial charge >= 0.3 is 0 Å². The Morgan fingerprint density at radius 3 is 3.06 bits per heavy atom. The van der Waals surface area contributed by atoms with Crippen molar-refractivity contribution >= 4 is 0 Å². The second kappa shape index (κ2) is 5.44. The first-order valence-corrected chi connectivity index (χ1v) is 5.46. The third-order valence-corrected chi connectivity index (χ3v) is 2.78. The van der Waals surface area contributed by atoms with E-state index in [9.17, 15) is 4.39 Å². The molecule has 0 amide bonds. The van der Waals surface area contributed by atoms with E-state index in [0.29, 0.717) is 17.9 Å². The minimum Gasteiger partial charge on any atom is -0.496 e. The maximum atomic E-state index is 13.1. The average molecular weight is 248 g/mol. The number of nitrogens with zero attached hydrogens (tertiary/aromatic N) is 1. The summed E-state index contributed by atoms with van der Waals surface area (Å²) in [6.07, 6.45) is 5.39. The standard InChI is InChI=1S/C13H13FN2O2/c1-17-13-7-11(14)3-2-10(13)6-9-4-5-18-8-12(9)16-15/h2-5,7-9,15H,6H2,1H3. The number of rotatable bonds is 4. The monoisotopic (exact) mass is 248 g/mol. The first-order chi connectivity index (χ1) is 8.74. The summed E-state index contributed by atoms with van der Waals surface area (Å²) in [7, 11) is 1.50. The van der Waals surface area contributed by atoms with Crippen LogP contribution < -0.4 is 4.74 Å². The Kier molecular flexibility index (Phi) is 3.72. The Hall–Kier alpha value is -2.17. The predicted octanol–water partition coefficient (Wildman–Crippen LogP) is 3.41. The third-order valence-electron chi connectivity index (χ3n) is 2.78. The van der Waals surface area contributed by atoms with Crippen LogP contribution in [-0.2, 0) is 11.2 Å². The molecule has 1 aliphatic heterocycles. The third kappa shape index (κ3) is 2.56. The van der Waals surface area contributed by atoms with E-state index >= 15 is 0 Å². The highest BCUT2D eigenvalue weighted by Crippen LogP contribution is 2.28. The SMILES string of the molecule is COc1cc(F)ccc1CC1C=COC=C1N=N. The van der Waals surface area contributed by atoms with Gasteiger partial charge in [-0.15, -0.1) is 0 Å². The van der Waals surface area contributed by atoms with Crippen molar-refractivity contribution in [2.45, 2.75) is 6.42 Å². The lowest BCUT2D eigenvalue weighted by molar-refractivity contribution is 0.369. The topological polar surface area (TPSA) is 54.7 Å². The Morgan fingerprint density at radius 2 is 2.33 bits per heavy atom. The highest BCUT2D eigenvalue weighted by atomic mass is 19.1. The van der Waals surface area contributed by atoms with Gasteiger partial charge in [-0.25, -0.2) is 9.92 Å². The summed E-state index contributed by atoms with van der Waals surface area (Å²) < 4.78 is 23.2. The van der Waals surface area contributed by atoms with Crippen molar-refractivity contribution in [2.75, 3.05) is 7.11 Å². The molecule has 0 bridgehead atoms. The van der Waals surface area contributed by atoms with E-state index in [4.69, 9.17) is 15.0 Å². The summed E-state index contributed by atoms with van der Waals surface area (Å²) in [6.45, 7) is 0. The van der Waals surface area contributed by atoms with Gasteiger partial charge in [0, 0.05) is 12.0 Å². The van der Waals surface area contributed by atoms with Gasteiger partial charge in [0.2, 0.25) is 0 Å². The molecule has 0 aliphatic carbocycles. The van der Waals surface area contributed by atoms with Crippen LogP contribution in [0.4, 0.5) is 4.39 Å². The number of nitrogens with one attached hydrogen (secondary N) is 1. The minimum atomic E-state index is -0.334. The summed E-state index contributed by atoms with van der Waals surface area (Å²) >= 11 is 0. The lowest BCUT2D eigenvalue weighted by Crippen LogP contribution is -2.08. The normalized spacial score (nSPS) is 17.9. The van der Waals surface area contributed by atoms with Crippen molar-refractivity contribution in [3.05, 3.63) is 53.9 Å². The van der Waals surface area contributed by atoms with Gasteiger partial charge in [-0.3, -0.25) is 0 Å². The van der Waals surface area contributed by atoms with Gasteiger partial charge in [0.25, 0.3) is 0 Å². The Bertz CT molecular complexity index is 512. The molecule has 5 heteroatoms. The highest BCUT2D eigenvalue weighted by molar-refractivity contribution is 5.36. The van der Waals surface area contributed by atoms with Crippen LogP contribution in [0.5, 0.6) is 5.75 Å². The molecule has 4 nitrogen and oxygen atoms in total. The quantitative estimate of drug-likeness (QED) is 0.830.